The van der Waals surface area contributed by atoms with E-state index < -0.39 is 0 Å². The van der Waals surface area contributed by atoms with Gasteiger partial charge in [-0.1, -0.05) is 43.3 Å². The molecule has 0 nitrogen and oxygen atoms in total. The second-order valence-electron chi connectivity index (χ2n) is 4.69. The van der Waals surface area contributed by atoms with E-state index in [1.165, 1.54) is 33.4 Å². The first-order chi connectivity index (χ1) is 8.15. The average molecular weight is 224 g/mol. The smallest absolute Gasteiger partial charge is 0.0149 e. The van der Waals surface area contributed by atoms with Gasteiger partial charge in [-0.15, -0.1) is 0 Å². The second-order valence-corrected chi connectivity index (χ2v) is 4.69. The summed E-state index contributed by atoms with van der Waals surface area (Å²) in [5, 5.41) is 0. The van der Waals surface area contributed by atoms with Crippen LogP contribution in [0.3, 0.4) is 0 Å². The monoisotopic (exact) mass is 224 g/mol. The van der Waals surface area contributed by atoms with Gasteiger partial charge in [0.25, 0.3) is 0 Å². The summed E-state index contributed by atoms with van der Waals surface area (Å²) in [7, 11) is 0. The van der Waals surface area contributed by atoms with Gasteiger partial charge in [0.05, 0.1) is 0 Å². The molecule has 0 amide bonds. The zero-order valence-electron chi connectivity index (χ0n) is 11.2. The third kappa shape index (κ3) is 2.12. The third-order valence-electron chi connectivity index (χ3n) is 3.75. The lowest BCUT2D eigenvalue weighted by Crippen LogP contribution is -1.93. The Hall–Kier alpha value is -1.56. The first-order valence-electron chi connectivity index (χ1n) is 6.30. The fourth-order valence-corrected chi connectivity index (χ4v) is 2.34. The van der Waals surface area contributed by atoms with Crippen LogP contribution < -0.4 is 0 Å². The minimum absolute atomic E-state index is 1.09. The van der Waals surface area contributed by atoms with Crippen LogP contribution in [0.25, 0.3) is 11.1 Å². The summed E-state index contributed by atoms with van der Waals surface area (Å²) >= 11 is 0. The van der Waals surface area contributed by atoms with Crippen molar-refractivity contribution in [1.29, 1.82) is 0 Å². The maximum Gasteiger partial charge on any atom is -0.0149 e. The van der Waals surface area contributed by atoms with Crippen LogP contribution in [-0.4, -0.2) is 0 Å². The Bertz CT molecular complexity index is 536. The van der Waals surface area contributed by atoms with Crippen LogP contribution in [0.2, 0.25) is 0 Å². The molecule has 0 aromatic heterocycles. The Morgan fingerprint density at radius 1 is 0.765 bits per heavy atom. The van der Waals surface area contributed by atoms with E-state index in [-0.39, 0.29) is 0 Å². The Labute approximate surface area is 104 Å². The van der Waals surface area contributed by atoms with Gasteiger partial charge < -0.3 is 0 Å². The molecule has 0 N–H and O–H groups in total. The molecule has 17 heavy (non-hydrogen) atoms. The van der Waals surface area contributed by atoms with Crippen molar-refractivity contribution in [2.45, 2.75) is 34.1 Å². The van der Waals surface area contributed by atoms with E-state index in [1.54, 1.807) is 0 Å². The van der Waals surface area contributed by atoms with Crippen molar-refractivity contribution in [3.05, 3.63) is 58.7 Å². The number of hydrogen-bond acceptors (Lipinski definition) is 0. The molecule has 0 heteroatoms. The minimum Gasteiger partial charge on any atom is -0.0620 e. The molecule has 0 atom stereocenters. The van der Waals surface area contributed by atoms with Gasteiger partial charge in [0.2, 0.25) is 0 Å². The van der Waals surface area contributed by atoms with Crippen molar-refractivity contribution in [2.24, 2.45) is 0 Å². The Kier molecular flexibility index (Phi) is 3.33. The molecule has 2 aromatic carbocycles. The molecule has 0 aliphatic rings. The summed E-state index contributed by atoms with van der Waals surface area (Å²) in [4.78, 5) is 0. The SMILES string of the molecule is CCc1ccccc1-c1ccc(C)c(C)c1C. The Morgan fingerprint density at radius 3 is 2.18 bits per heavy atom. The molecule has 0 bridgehead atoms. The van der Waals surface area contributed by atoms with E-state index in [2.05, 4.69) is 64.1 Å². The highest BCUT2D eigenvalue weighted by Crippen LogP contribution is 2.30. The average Bonchev–Trinajstić information content (AvgIpc) is 2.36. The number of rotatable bonds is 2. The Balaban J connectivity index is 2.65. The molecule has 2 aromatic rings. The van der Waals surface area contributed by atoms with Crippen LogP contribution in [0.4, 0.5) is 0 Å². The first kappa shape index (κ1) is 11.9. The quantitative estimate of drug-likeness (QED) is 0.684. The van der Waals surface area contributed by atoms with Gasteiger partial charge in [-0.05, 0) is 60.6 Å². The van der Waals surface area contributed by atoms with Gasteiger partial charge in [0, 0.05) is 0 Å². The second kappa shape index (κ2) is 4.75. The van der Waals surface area contributed by atoms with Crippen molar-refractivity contribution < 1.29 is 0 Å². The molecule has 0 unspecified atom stereocenters. The van der Waals surface area contributed by atoms with Crippen molar-refractivity contribution in [2.75, 3.05) is 0 Å². The molecule has 0 aliphatic heterocycles. The summed E-state index contributed by atoms with van der Waals surface area (Å²) in [5.41, 5.74) is 8.39. The van der Waals surface area contributed by atoms with Crippen LogP contribution in [0.15, 0.2) is 36.4 Å². The molecule has 0 saturated heterocycles. The summed E-state index contributed by atoms with van der Waals surface area (Å²) in [6, 6.07) is 13.2. The van der Waals surface area contributed by atoms with E-state index >= 15 is 0 Å². The summed E-state index contributed by atoms with van der Waals surface area (Å²) in [5.74, 6) is 0. The first-order valence-corrected chi connectivity index (χ1v) is 6.30. The summed E-state index contributed by atoms with van der Waals surface area (Å²) in [6.45, 7) is 8.83. The molecule has 2 rings (SSSR count). The topological polar surface area (TPSA) is 0 Å². The molecule has 88 valence electrons. The lowest BCUT2D eigenvalue weighted by molar-refractivity contribution is 1.14. The van der Waals surface area contributed by atoms with E-state index in [0.29, 0.717) is 0 Å². The fraction of sp³-hybridized carbons (Fsp3) is 0.294. The lowest BCUT2D eigenvalue weighted by Gasteiger charge is -2.14. The van der Waals surface area contributed by atoms with Gasteiger partial charge in [-0.25, -0.2) is 0 Å². The zero-order valence-corrected chi connectivity index (χ0v) is 11.2. The highest BCUT2D eigenvalue weighted by Gasteiger charge is 2.08. The van der Waals surface area contributed by atoms with Crippen LogP contribution in [0, 0.1) is 20.8 Å². The fourth-order valence-electron chi connectivity index (χ4n) is 2.34. The van der Waals surface area contributed by atoms with Crippen molar-refractivity contribution >= 4 is 0 Å². The molecule has 0 spiro atoms. The molecule has 0 heterocycles. The Morgan fingerprint density at radius 2 is 1.47 bits per heavy atom. The molecular weight excluding hydrogens is 204 g/mol. The maximum atomic E-state index is 2.26. The highest BCUT2D eigenvalue weighted by atomic mass is 14.1. The molecule has 0 fully saturated rings. The van der Waals surface area contributed by atoms with E-state index in [9.17, 15) is 0 Å². The van der Waals surface area contributed by atoms with Crippen molar-refractivity contribution in [3.8, 4) is 11.1 Å². The molecule has 0 aliphatic carbocycles. The number of benzene rings is 2. The predicted molar refractivity (Wildman–Crippen MR) is 75.5 cm³/mol. The predicted octanol–water partition coefficient (Wildman–Crippen LogP) is 4.84. The highest BCUT2D eigenvalue weighted by molar-refractivity contribution is 5.72. The van der Waals surface area contributed by atoms with Gasteiger partial charge >= 0.3 is 0 Å². The minimum atomic E-state index is 1.09. The van der Waals surface area contributed by atoms with Crippen LogP contribution in [0.5, 0.6) is 0 Å². The zero-order chi connectivity index (χ0) is 12.4. The number of hydrogen-bond donors (Lipinski definition) is 0. The molecule has 0 saturated carbocycles. The third-order valence-corrected chi connectivity index (χ3v) is 3.75. The van der Waals surface area contributed by atoms with E-state index in [4.69, 9.17) is 0 Å². The van der Waals surface area contributed by atoms with Gasteiger partial charge in [-0.2, -0.15) is 0 Å². The van der Waals surface area contributed by atoms with E-state index in [1.807, 2.05) is 0 Å². The maximum absolute atomic E-state index is 2.26. The standard InChI is InChI=1S/C17H20/c1-5-15-8-6-7-9-17(15)16-11-10-12(2)13(3)14(16)4/h6-11H,5H2,1-4H3. The van der Waals surface area contributed by atoms with Crippen molar-refractivity contribution in [3.63, 3.8) is 0 Å². The van der Waals surface area contributed by atoms with Crippen LogP contribution in [-0.2, 0) is 6.42 Å². The van der Waals surface area contributed by atoms with Gasteiger partial charge in [-0.3, -0.25) is 0 Å². The van der Waals surface area contributed by atoms with E-state index in [0.717, 1.165) is 6.42 Å². The van der Waals surface area contributed by atoms with Gasteiger partial charge in [0.1, 0.15) is 0 Å². The van der Waals surface area contributed by atoms with Gasteiger partial charge in [0.15, 0.2) is 0 Å². The number of aryl methyl sites for hydroxylation is 2. The summed E-state index contributed by atoms with van der Waals surface area (Å²) in [6.07, 6.45) is 1.09. The van der Waals surface area contributed by atoms with Crippen LogP contribution >= 0.6 is 0 Å². The lowest BCUT2D eigenvalue weighted by atomic mass is 9.91. The largest absolute Gasteiger partial charge is 0.0620 e. The molecule has 0 radical (unpaired) electrons. The summed E-state index contributed by atoms with van der Waals surface area (Å²) < 4.78 is 0. The molecular formula is C17H20. The van der Waals surface area contributed by atoms with Crippen LogP contribution in [0.1, 0.15) is 29.2 Å². The normalized spacial score (nSPS) is 10.6. The van der Waals surface area contributed by atoms with Crippen molar-refractivity contribution in [1.82, 2.24) is 0 Å².